The van der Waals surface area contributed by atoms with Gasteiger partial charge in [-0.3, -0.25) is 14.4 Å². The average molecular weight is 904 g/mol. The molecule has 0 rings (SSSR count). The van der Waals surface area contributed by atoms with Crippen LogP contribution in [0.5, 0.6) is 0 Å². The summed E-state index contributed by atoms with van der Waals surface area (Å²) < 4.78 is 16.9. The van der Waals surface area contributed by atoms with E-state index in [0.717, 1.165) is 64.2 Å². The van der Waals surface area contributed by atoms with Crippen molar-refractivity contribution in [3.8, 4) is 0 Å². The summed E-state index contributed by atoms with van der Waals surface area (Å²) in [6.45, 7) is 6.68. The molecule has 6 heteroatoms. The average Bonchev–Trinajstić information content (AvgIpc) is 3.29. The molecule has 0 spiro atoms. The standard InChI is InChI=1S/C58H110O6/c1-4-7-10-13-16-19-22-24-26-28-30-31-33-36-39-42-45-48-51-57(60)63-54-55(53-62-56(59)50-47-44-41-38-35-21-18-15-12-9-6-3)64-58(61)52-49-46-43-40-37-34-32-29-27-25-23-20-17-14-11-8-5-2/h30-31,55H,4-29,32-54H2,1-3H3/b31-30-. The molecule has 1 atom stereocenters. The van der Waals surface area contributed by atoms with Crippen molar-refractivity contribution < 1.29 is 28.6 Å². The smallest absolute Gasteiger partial charge is 0.306 e. The first-order valence-corrected chi connectivity index (χ1v) is 28.7. The minimum atomic E-state index is -0.767. The largest absolute Gasteiger partial charge is 0.462 e. The van der Waals surface area contributed by atoms with E-state index < -0.39 is 6.10 Å². The molecule has 0 aromatic heterocycles. The van der Waals surface area contributed by atoms with Gasteiger partial charge in [0.15, 0.2) is 6.10 Å². The number of unbranched alkanes of at least 4 members (excludes halogenated alkanes) is 40. The summed E-state index contributed by atoms with van der Waals surface area (Å²) in [5, 5.41) is 0. The third-order valence-corrected chi connectivity index (χ3v) is 13.0. The van der Waals surface area contributed by atoms with Crippen LogP contribution in [0.4, 0.5) is 0 Å². The van der Waals surface area contributed by atoms with Crippen molar-refractivity contribution in [1.82, 2.24) is 0 Å². The molecule has 0 fully saturated rings. The van der Waals surface area contributed by atoms with Gasteiger partial charge in [0.2, 0.25) is 0 Å². The number of carbonyl (C=O) groups excluding carboxylic acids is 3. The van der Waals surface area contributed by atoms with Crippen LogP contribution in [0.1, 0.15) is 323 Å². The first-order valence-electron chi connectivity index (χ1n) is 28.7. The van der Waals surface area contributed by atoms with Crippen molar-refractivity contribution in [3.05, 3.63) is 12.2 Å². The first kappa shape index (κ1) is 62.1. The molecule has 0 heterocycles. The number of hydrogen-bond donors (Lipinski definition) is 0. The molecule has 0 aromatic carbocycles. The monoisotopic (exact) mass is 903 g/mol. The van der Waals surface area contributed by atoms with E-state index in [1.807, 2.05) is 0 Å². The maximum atomic E-state index is 12.8. The van der Waals surface area contributed by atoms with Gasteiger partial charge >= 0.3 is 17.9 Å². The van der Waals surface area contributed by atoms with Crippen molar-refractivity contribution >= 4 is 17.9 Å². The van der Waals surface area contributed by atoms with E-state index in [0.29, 0.717) is 19.3 Å². The lowest BCUT2D eigenvalue weighted by atomic mass is 10.0. The van der Waals surface area contributed by atoms with E-state index in [1.165, 1.54) is 218 Å². The zero-order valence-electron chi connectivity index (χ0n) is 43.3. The second-order valence-electron chi connectivity index (χ2n) is 19.6. The number of ether oxygens (including phenoxy) is 3. The molecule has 0 aliphatic rings. The second kappa shape index (κ2) is 53.8. The van der Waals surface area contributed by atoms with Gasteiger partial charge in [-0.05, 0) is 44.9 Å². The predicted molar refractivity (Wildman–Crippen MR) is 275 cm³/mol. The molecular weight excluding hydrogens is 793 g/mol. The Morgan fingerprint density at radius 2 is 0.516 bits per heavy atom. The lowest BCUT2D eigenvalue weighted by Gasteiger charge is -2.18. The van der Waals surface area contributed by atoms with Crippen LogP contribution in [0, 0.1) is 0 Å². The van der Waals surface area contributed by atoms with Crippen LogP contribution in [0.15, 0.2) is 12.2 Å². The summed E-state index contributed by atoms with van der Waals surface area (Å²) in [6.07, 6.45) is 60.6. The summed E-state index contributed by atoms with van der Waals surface area (Å²) in [6, 6.07) is 0. The van der Waals surface area contributed by atoms with Crippen LogP contribution in [-0.4, -0.2) is 37.2 Å². The Bertz CT molecular complexity index is 993. The van der Waals surface area contributed by atoms with Crippen LogP contribution in [0.25, 0.3) is 0 Å². The topological polar surface area (TPSA) is 78.9 Å². The Morgan fingerprint density at radius 1 is 0.297 bits per heavy atom. The van der Waals surface area contributed by atoms with Gasteiger partial charge in [-0.1, -0.05) is 270 Å². The van der Waals surface area contributed by atoms with Crippen molar-refractivity contribution in [2.45, 2.75) is 329 Å². The third-order valence-electron chi connectivity index (χ3n) is 13.0. The minimum absolute atomic E-state index is 0.0669. The van der Waals surface area contributed by atoms with Crippen LogP contribution in [0.3, 0.4) is 0 Å². The highest BCUT2D eigenvalue weighted by Gasteiger charge is 2.19. The van der Waals surface area contributed by atoms with Gasteiger partial charge in [0.25, 0.3) is 0 Å². The highest BCUT2D eigenvalue weighted by atomic mass is 16.6. The number of esters is 3. The van der Waals surface area contributed by atoms with E-state index in [-0.39, 0.29) is 31.1 Å². The van der Waals surface area contributed by atoms with E-state index >= 15 is 0 Å². The zero-order valence-corrected chi connectivity index (χ0v) is 43.3. The molecule has 0 saturated carbocycles. The van der Waals surface area contributed by atoms with Gasteiger partial charge < -0.3 is 14.2 Å². The van der Waals surface area contributed by atoms with Crippen LogP contribution in [0.2, 0.25) is 0 Å². The molecule has 0 aliphatic heterocycles. The molecule has 0 bridgehead atoms. The van der Waals surface area contributed by atoms with E-state index in [1.54, 1.807) is 0 Å². The van der Waals surface area contributed by atoms with E-state index in [9.17, 15) is 14.4 Å². The normalized spacial score (nSPS) is 12.0. The van der Waals surface area contributed by atoms with E-state index in [4.69, 9.17) is 14.2 Å². The highest BCUT2D eigenvalue weighted by molar-refractivity contribution is 5.71. The Balaban J connectivity index is 4.29. The van der Waals surface area contributed by atoms with Gasteiger partial charge in [-0.2, -0.15) is 0 Å². The first-order chi connectivity index (χ1) is 31.5. The maximum absolute atomic E-state index is 12.8. The van der Waals surface area contributed by atoms with Crippen LogP contribution < -0.4 is 0 Å². The maximum Gasteiger partial charge on any atom is 0.306 e. The molecule has 6 nitrogen and oxygen atoms in total. The summed E-state index contributed by atoms with van der Waals surface area (Å²) in [7, 11) is 0. The van der Waals surface area contributed by atoms with Crippen molar-refractivity contribution in [2.75, 3.05) is 13.2 Å². The van der Waals surface area contributed by atoms with Gasteiger partial charge in [-0.15, -0.1) is 0 Å². The zero-order chi connectivity index (χ0) is 46.5. The molecule has 0 radical (unpaired) electrons. The van der Waals surface area contributed by atoms with Crippen LogP contribution >= 0.6 is 0 Å². The van der Waals surface area contributed by atoms with Crippen molar-refractivity contribution in [2.24, 2.45) is 0 Å². The summed E-state index contributed by atoms with van der Waals surface area (Å²) in [5.41, 5.74) is 0. The Morgan fingerprint density at radius 3 is 0.781 bits per heavy atom. The van der Waals surface area contributed by atoms with Gasteiger partial charge in [0, 0.05) is 19.3 Å². The number of hydrogen-bond acceptors (Lipinski definition) is 6. The molecular formula is C58H110O6. The number of rotatable bonds is 53. The fraction of sp³-hybridized carbons (Fsp3) is 0.914. The quantitative estimate of drug-likeness (QED) is 0.0262. The minimum Gasteiger partial charge on any atom is -0.462 e. The fourth-order valence-corrected chi connectivity index (χ4v) is 8.68. The predicted octanol–water partition coefficient (Wildman–Crippen LogP) is 18.9. The fourth-order valence-electron chi connectivity index (χ4n) is 8.68. The number of allylic oxidation sites excluding steroid dienone is 2. The summed E-state index contributed by atoms with van der Waals surface area (Å²) >= 11 is 0. The molecule has 0 saturated heterocycles. The molecule has 378 valence electrons. The molecule has 0 N–H and O–H groups in total. The van der Waals surface area contributed by atoms with E-state index in [2.05, 4.69) is 32.9 Å². The second-order valence-corrected chi connectivity index (χ2v) is 19.6. The third kappa shape index (κ3) is 51.1. The van der Waals surface area contributed by atoms with Crippen LogP contribution in [-0.2, 0) is 28.6 Å². The molecule has 1 unspecified atom stereocenters. The SMILES string of the molecule is CCCCCCCCCCC/C=C\CCCCCCCC(=O)OCC(COC(=O)CCCCCCCCCCCCC)OC(=O)CCCCCCCCCCCCCCCCCCC. The summed E-state index contributed by atoms with van der Waals surface area (Å²) in [4.78, 5) is 38.1. The number of carbonyl (C=O) groups is 3. The van der Waals surface area contributed by atoms with Crippen molar-refractivity contribution in [1.29, 1.82) is 0 Å². The summed E-state index contributed by atoms with van der Waals surface area (Å²) in [5.74, 6) is -0.853. The van der Waals surface area contributed by atoms with Gasteiger partial charge in [0.1, 0.15) is 13.2 Å². The molecule has 64 heavy (non-hydrogen) atoms. The molecule has 0 aromatic rings. The Labute approximate surface area is 399 Å². The Kier molecular flexibility index (Phi) is 52.2. The Hall–Kier alpha value is -1.85. The van der Waals surface area contributed by atoms with Gasteiger partial charge in [0.05, 0.1) is 0 Å². The van der Waals surface area contributed by atoms with Gasteiger partial charge in [-0.25, -0.2) is 0 Å². The lowest BCUT2D eigenvalue weighted by molar-refractivity contribution is -0.167. The lowest BCUT2D eigenvalue weighted by Crippen LogP contribution is -2.30. The highest BCUT2D eigenvalue weighted by Crippen LogP contribution is 2.17. The van der Waals surface area contributed by atoms with Crippen molar-refractivity contribution in [3.63, 3.8) is 0 Å². The molecule has 0 aliphatic carbocycles. The molecule has 0 amide bonds.